The van der Waals surface area contributed by atoms with E-state index in [4.69, 9.17) is 5.26 Å². The van der Waals surface area contributed by atoms with Gasteiger partial charge in [0.25, 0.3) is 0 Å². The second kappa shape index (κ2) is 12.0. The van der Waals surface area contributed by atoms with Crippen LogP contribution in [0, 0.1) is 16.7 Å². The molecule has 3 N–H and O–H groups in total. The molecule has 3 aromatic carbocycles. The van der Waals surface area contributed by atoms with E-state index in [1.54, 1.807) is 18.2 Å². The first-order chi connectivity index (χ1) is 17.6. The molecule has 0 spiro atoms. The monoisotopic (exact) mass is 494 g/mol. The fourth-order valence-corrected chi connectivity index (χ4v) is 3.78. The molecule has 1 atom stereocenters. The maximum Gasteiger partial charge on any atom is 0.225 e. The number of nitriles is 1. The summed E-state index contributed by atoms with van der Waals surface area (Å²) in [5.74, 6) is 0.0296. The van der Waals surface area contributed by atoms with Gasteiger partial charge in [-0.05, 0) is 72.5 Å². The van der Waals surface area contributed by atoms with Gasteiger partial charge < -0.3 is 16.0 Å². The number of allylic oxidation sites excluding steroid dienone is 1. The normalized spacial score (nSPS) is 12.3. The van der Waals surface area contributed by atoms with Crippen molar-refractivity contribution < 1.29 is 9.59 Å². The standard InChI is InChI=1S/C31H34N4O2/c1-21(29-25(20-36)7-6-8-28(29)24-11-9-23(17-32)10-12-24)18-33-26-13-15-27(16-14-26)34-19-22(2)35-30(37)31(3,4)5/h6-16,18,20,22,33-34H,19H2,1-5H3,(H,35,37)/b21-18-. The van der Waals surface area contributed by atoms with Crippen molar-refractivity contribution in [2.75, 3.05) is 17.2 Å². The van der Waals surface area contributed by atoms with Gasteiger partial charge in [0.05, 0.1) is 11.6 Å². The molecule has 0 saturated carbocycles. The van der Waals surface area contributed by atoms with Crippen LogP contribution >= 0.6 is 0 Å². The van der Waals surface area contributed by atoms with Crippen LogP contribution in [0.4, 0.5) is 11.4 Å². The largest absolute Gasteiger partial charge is 0.383 e. The van der Waals surface area contributed by atoms with Gasteiger partial charge in [-0.2, -0.15) is 5.26 Å². The lowest BCUT2D eigenvalue weighted by Crippen LogP contribution is -2.43. The van der Waals surface area contributed by atoms with Gasteiger partial charge >= 0.3 is 0 Å². The molecular weight excluding hydrogens is 460 g/mol. The highest BCUT2D eigenvalue weighted by molar-refractivity contribution is 5.92. The molecule has 0 aromatic heterocycles. The summed E-state index contributed by atoms with van der Waals surface area (Å²) in [6.07, 6.45) is 2.76. The molecule has 6 nitrogen and oxygen atoms in total. The molecule has 0 radical (unpaired) electrons. The summed E-state index contributed by atoms with van der Waals surface area (Å²) in [5, 5.41) is 18.8. The molecule has 3 aromatic rings. The summed E-state index contributed by atoms with van der Waals surface area (Å²) in [5.41, 5.74) is 6.26. The van der Waals surface area contributed by atoms with E-state index in [2.05, 4.69) is 22.0 Å². The Morgan fingerprint density at radius 1 is 1.00 bits per heavy atom. The van der Waals surface area contributed by atoms with Gasteiger partial charge in [-0.1, -0.05) is 51.1 Å². The lowest BCUT2D eigenvalue weighted by molar-refractivity contribution is -0.129. The van der Waals surface area contributed by atoms with Crippen LogP contribution in [0.25, 0.3) is 16.7 Å². The third-order valence-corrected chi connectivity index (χ3v) is 5.95. The third kappa shape index (κ3) is 7.31. The van der Waals surface area contributed by atoms with Crippen LogP contribution in [-0.2, 0) is 4.79 Å². The van der Waals surface area contributed by atoms with Gasteiger partial charge in [0.2, 0.25) is 5.91 Å². The minimum absolute atomic E-state index is 0.00158. The Kier molecular flexibility index (Phi) is 8.86. The van der Waals surface area contributed by atoms with Crippen LogP contribution in [0.3, 0.4) is 0 Å². The number of amides is 1. The van der Waals surface area contributed by atoms with Crippen molar-refractivity contribution in [2.45, 2.75) is 40.7 Å². The highest BCUT2D eigenvalue weighted by Crippen LogP contribution is 2.31. The van der Waals surface area contributed by atoms with E-state index in [1.807, 2.05) is 89.3 Å². The Morgan fingerprint density at radius 3 is 2.24 bits per heavy atom. The van der Waals surface area contributed by atoms with Crippen molar-refractivity contribution in [3.63, 3.8) is 0 Å². The number of hydrogen-bond acceptors (Lipinski definition) is 5. The smallest absolute Gasteiger partial charge is 0.225 e. The Labute approximate surface area is 219 Å². The molecule has 3 rings (SSSR count). The molecule has 0 aliphatic rings. The lowest BCUT2D eigenvalue weighted by atomic mass is 9.91. The highest BCUT2D eigenvalue weighted by atomic mass is 16.2. The molecule has 0 saturated heterocycles. The van der Waals surface area contributed by atoms with Crippen molar-refractivity contribution in [1.29, 1.82) is 5.26 Å². The SMILES string of the molecule is C/C(=C/Nc1ccc(NCC(C)NC(=O)C(C)(C)C)cc1)c1c(C=O)cccc1-c1ccc(C#N)cc1. The van der Waals surface area contributed by atoms with Crippen LogP contribution < -0.4 is 16.0 Å². The summed E-state index contributed by atoms with van der Waals surface area (Å²) < 4.78 is 0. The van der Waals surface area contributed by atoms with Crippen LogP contribution in [0.1, 0.15) is 56.1 Å². The molecule has 0 aliphatic carbocycles. The molecular formula is C31H34N4O2. The minimum atomic E-state index is -0.414. The number of aldehydes is 1. The topological polar surface area (TPSA) is 94.0 Å². The van der Waals surface area contributed by atoms with E-state index in [0.29, 0.717) is 17.7 Å². The molecule has 0 fully saturated rings. The number of hydrogen-bond donors (Lipinski definition) is 3. The van der Waals surface area contributed by atoms with Gasteiger partial charge in [-0.25, -0.2) is 0 Å². The molecule has 1 unspecified atom stereocenters. The predicted octanol–water partition coefficient (Wildman–Crippen LogP) is 6.47. The average molecular weight is 495 g/mol. The van der Waals surface area contributed by atoms with E-state index in [9.17, 15) is 9.59 Å². The van der Waals surface area contributed by atoms with E-state index in [-0.39, 0.29) is 11.9 Å². The first-order valence-electron chi connectivity index (χ1n) is 12.3. The number of anilines is 2. The summed E-state index contributed by atoms with van der Waals surface area (Å²) in [6, 6.07) is 23.0. The fourth-order valence-electron chi connectivity index (χ4n) is 3.78. The zero-order chi connectivity index (χ0) is 27.0. The summed E-state index contributed by atoms with van der Waals surface area (Å²) in [6.45, 7) is 10.3. The zero-order valence-corrected chi connectivity index (χ0v) is 22.1. The lowest BCUT2D eigenvalue weighted by Gasteiger charge is -2.22. The number of nitrogens with zero attached hydrogens (tertiary/aromatic N) is 1. The van der Waals surface area contributed by atoms with Gasteiger partial charge in [0.1, 0.15) is 0 Å². The molecule has 37 heavy (non-hydrogen) atoms. The first kappa shape index (κ1) is 27.2. The molecule has 1 amide bonds. The fraction of sp³-hybridized carbons (Fsp3) is 0.258. The molecule has 0 heterocycles. The van der Waals surface area contributed by atoms with Gasteiger partial charge in [-0.15, -0.1) is 0 Å². The zero-order valence-electron chi connectivity index (χ0n) is 22.1. The van der Waals surface area contributed by atoms with Gasteiger partial charge in [0, 0.05) is 41.1 Å². The molecule has 0 bridgehead atoms. The van der Waals surface area contributed by atoms with Crippen LogP contribution in [0.15, 0.2) is 72.9 Å². The Hall–Kier alpha value is -4.37. The summed E-state index contributed by atoms with van der Waals surface area (Å²) >= 11 is 0. The highest BCUT2D eigenvalue weighted by Gasteiger charge is 2.22. The molecule has 0 aliphatic heterocycles. The number of carbonyl (C=O) groups excluding carboxylic acids is 2. The number of nitrogens with one attached hydrogen (secondary N) is 3. The number of benzene rings is 3. The van der Waals surface area contributed by atoms with Crippen molar-refractivity contribution in [1.82, 2.24) is 5.32 Å². The van der Waals surface area contributed by atoms with Crippen LogP contribution in [-0.4, -0.2) is 24.8 Å². The van der Waals surface area contributed by atoms with Gasteiger partial charge in [0.15, 0.2) is 6.29 Å². The third-order valence-electron chi connectivity index (χ3n) is 5.95. The summed E-state index contributed by atoms with van der Waals surface area (Å²) in [7, 11) is 0. The van der Waals surface area contributed by atoms with E-state index < -0.39 is 5.41 Å². The van der Waals surface area contributed by atoms with Crippen molar-refractivity contribution >= 4 is 29.1 Å². The predicted molar refractivity (Wildman–Crippen MR) is 151 cm³/mol. The van der Waals surface area contributed by atoms with Gasteiger partial charge in [-0.3, -0.25) is 9.59 Å². The minimum Gasteiger partial charge on any atom is -0.383 e. The van der Waals surface area contributed by atoms with Crippen molar-refractivity contribution in [3.05, 3.63) is 89.6 Å². The molecule has 6 heteroatoms. The van der Waals surface area contributed by atoms with E-state index >= 15 is 0 Å². The van der Waals surface area contributed by atoms with E-state index in [0.717, 1.165) is 39.9 Å². The van der Waals surface area contributed by atoms with E-state index in [1.165, 1.54) is 0 Å². The second-order valence-corrected chi connectivity index (χ2v) is 10.1. The molecule has 190 valence electrons. The first-order valence-corrected chi connectivity index (χ1v) is 12.3. The Bertz CT molecular complexity index is 1310. The Morgan fingerprint density at radius 2 is 1.65 bits per heavy atom. The van der Waals surface area contributed by atoms with Crippen LogP contribution in [0.2, 0.25) is 0 Å². The average Bonchev–Trinajstić information content (AvgIpc) is 2.90. The van der Waals surface area contributed by atoms with Crippen molar-refractivity contribution in [3.8, 4) is 17.2 Å². The number of carbonyl (C=O) groups is 2. The second-order valence-electron chi connectivity index (χ2n) is 10.1. The maximum atomic E-state index is 12.1. The quantitative estimate of drug-likeness (QED) is 0.296. The number of rotatable bonds is 9. The van der Waals surface area contributed by atoms with Crippen molar-refractivity contribution in [2.24, 2.45) is 5.41 Å². The summed E-state index contributed by atoms with van der Waals surface area (Å²) in [4.78, 5) is 24.0. The van der Waals surface area contributed by atoms with Crippen LogP contribution in [0.5, 0.6) is 0 Å². The Balaban J connectivity index is 1.70. The maximum absolute atomic E-state index is 12.1.